The van der Waals surface area contributed by atoms with Gasteiger partial charge < -0.3 is 82.9 Å². The number of nitrogens with two attached hydrogens (primary N) is 1. The molecule has 19 rings (SSSR count). The molecule has 7 saturated heterocycles. The van der Waals surface area contributed by atoms with Crippen molar-refractivity contribution in [1.29, 1.82) is 0 Å². The number of benzene rings is 4. The van der Waals surface area contributed by atoms with E-state index < -0.39 is 116 Å². The van der Waals surface area contributed by atoms with Gasteiger partial charge in [-0.1, -0.05) is 7.43 Å². The van der Waals surface area contributed by atoms with Crippen molar-refractivity contribution >= 4 is 210 Å². The largest absolute Gasteiger partial charge is 1.00 e. The van der Waals surface area contributed by atoms with E-state index in [1.807, 2.05) is 38.1 Å². The summed E-state index contributed by atoms with van der Waals surface area (Å²) in [7, 11) is -11.1. The van der Waals surface area contributed by atoms with Crippen LogP contribution in [0.4, 0.5) is 95.6 Å². The van der Waals surface area contributed by atoms with E-state index in [0.29, 0.717) is 101 Å². The molecule has 3 atom stereocenters. The van der Waals surface area contributed by atoms with Crippen LogP contribution >= 0.6 is 80.8 Å². The van der Waals surface area contributed by atoms with Crippen LogP contribution < -0.4 is 179 Å². The molecule has 54 heteroatoms. The zero-order valence-corrected chi connectivity index (χ0v) is 99.1. The number of aliphatic hydroxyl groups is 3. The summed E-state index contributed by atoms with van der Waals surface area (Å²) >= 11 is 16.4. The monoisotopic (exact) mass is 2490 g/mol. The molecule has 11 aliphatic rings. The van der Waals surface area contributed by atoms with E-state index >= 15 is 0 Å². The number of nitrogens with zero attached hydrogens (tertiary/aromatic N) is 14. The number of amides is 4. The van der Waals surface area contributed by atoms with E-state index in [2.05, 4.69) is 163 Å². The number of hydrogen-bond donors (Lipinski definition) is 11. The third-order valence-corrected chi connectivity index (χ3v) is 32.3. The van der Waals surface area contributed by atoms with Gasteiger partial charge in [-0.15, -0.1) is 12.4 Å². The van der Waals surface area contributed by atoms with Crippen LogP contribution in [0.1, 0.15) is 197 Å². The number of nitrogens with one attached hydrogen (secondary N) is 7. The van der Waals surface area contributed by atoms with Gasteiger partial charge in [0.1, 0.15) is 23.3 Å². The maximum Gasteiger partial charge on any atom is 1.00 e. The quantitative estimate of drug-likeness (QED) is 0.00493. The third kappa shape index (κ3) is 38.0. The molecule has 0 bridgehead atoms. The summed E-state index contributed by atoms with van der Waals surface area (Å²) in [6, 6.07) is 27.8. The number of carbonyl (C=O) groups excluding carboxylic acids is 5. The maximum atomic E-state index is 13.4. The molecule has 4 amide bonds. The predicted octanol–water partition coefficient (Wildman–Crippen LogP) is 7.84. The van der Waals surface area contributed by atoms with Crippen LogP contribution in [0.25, 0.3) is 0 Å². The van der Waals surface area contributed by atoms with Gasteiger partial charge in [-0.05, 0) is 314 Å². The van der Waals surface area contributed by atoms with E-state index in [1.165, 1.54) is 120 Å². The normalized spacial score (nSPS) is 18.8. The zero-order chi connectivity index (χ0) is 106. The van der Waals surface area contributed by atoms with E-state index in [-0.39, 0.29) is 195 Å². The van der Waals surface area contributed by atoms with Crippen molar-refractivity contribution in [2.24, 2.45) is 26.8 Å². The van der Waals surface area contributed by atoms with Gasteiger partial charge in [0.15, 0.2) is 0 Å². The summed E-state index contributed by atoms with van der Waals surface area (Å²) in [4.78, 5) is 109. The minimum absolute atomic E-state index is 0. The molecule has 38 nitrogen and oxygen atoms in total. The Labute approximate surface area is 999 Å². The SMILES string of the molecule is C.CC(O)CS(N)(=O)=O.Cc1cc(NC(=O)c2ccc(I)cc2N2CCC3(CC2)CC3)nc(Cl)n1.Cc1cc(NC(=O)c2ccc(I)cc2N2CCC3(CC2)CC3)nc(Cl)n1.Cc1cc(NC(=O)c2ccc(NS(=O)(=O)C[C@@H](C)O)cc2N2CCC3(CC2)CC3)nc(N2CC(F)(F)C2)n1.Cc1cc(NC(=O)c2ccc(NS(=O)(=O)C[C@H](C)O)cc2N2CCC3(CC2)CC3)nc(N2CC(F)(F)C2)n1.Cl.FC1(F)CNC1.O=CO[O-].[H-].[K+].[K+]. The number of halogens is 11. The van der Waals surface area contributed by atoms with Gasteiger partial charge in [-0.2, -0.15) is 9.97 Å². The Morgan fingerprint density at radius 3 is 0.893 bits per heavy atom. The van der Waals surface area contributed by atoms with Crippen LogP contribution in [0.5, 0.6) is 0 Å². The van der Waals surface area contributed by atoms with Gasteiger partial charge in [-0.3, -0.25) is 33.4 Å². The summed E-state index contributed by atoms with van der Waals surface area (Å²) in [6.07, 6.45) is 16.3. The molecule has 7 aliphatic heterocycles. The molecule has 150 heavy (non-hydrogen) atoms. The fourth-order valence-corrected chi connectivity index (χ4v) is 22.6. The van der Waals surface area contributed by atoms with Crippen LogP contribution in [0.2, 0.25) is 10.6 Å². The van der Waals surface area contributed by atoms with E-state index in [4.69, 9.17) is 38.4 Å². The summed E-state index contributed by atoms with van der Waals surface area (Å²) in [6.45, 7) is 15.9. The predicted molar refractivity (Wildman–Crippen MR) is 575 cm³/mol. The average molecular weight is 2490 g/mol. The smallest absolute Gasteiger partial charge is 1.00 e. The molecule has 0 radical (unpaired) electrons. The van der Waals surface area contributed by atoms with E-state index in [1.54, 1.807) is 62.4 Å². The fraction of sp³-hybridized carbons (Fsp3) is 0.531. The number of hydrogen-bond acceptors (Lipinski definition) is 31. The van der Waals surface area contributed by atoms with Gasteiger partial charge in [-0.25, -0.2) is 86.6 Å². The second-order valence-electron chi connectivity index (χ2n) is 39.5. The van der Waals surface area contributed by atoms with Gasteiger partial charge >= 0.3 is 103 Å². The van der Waals surface area contributed by atoms with Crippen LogP contribution in [0, 0.1) is 56.5 Å². The van der Waals surface area contributed by atoms with Crippen molar-refractivity contribution in [2.75, 3.05) is 169 Å². The molecule has 4 spiro atoms. The first-order valence-corrected chi connectivity index (χ1v) is 55.5. The molecule has 1 unspecified atom stereocenters. The Balaban J connectivity index is 0.000000231. The molecule has 4 aliphatic carbocycles. The van der Waals surface area contributed by atoms with Gasteiger partial charge in [0, 0.05) is 107 Å². The minimum atomic E-state index is -3.79. The molecule has 11 fully saturated rings. The van der Waals surface area contributed by atoms with Crippen molar-refractivity contribution in [3.63, 3.8) is 0 Å². The number of carbonyl (C=O) groups is 5. The number of aromatic nitrogens is 8. The first-order valence-electron chi connectivity index (χ1n) is 47.5. The summed E-state index contributed by atoms with van der Waals surface area (Å²) < 4.78 is 153. The van der Waals surface area contributed by atoms with Crippen LogP contribution in [-0.4, -0.2) is 256 Å². The van der Waals surface area contributed by atoms with Gasteiger partial charge in [0.2, 0.25) is 52.5 Å². The van der Waals surface area contributed by atoms with E-state index in [0.717, 1.165) is 96.6 Å². The van der Waals surface area contributed by atoms with E-state index in [9.17, 15) is 81.0 Å². The topological polar surface area (TPSA) is 514 Å². The Morgan fingerprint density at radius 1 is 0.433 bits per heavy atom. The van der Waals surface area contributed by atoms with Crippen molar-refractivity contribution in [2.45, 2.75) is 195 Å². The average Bonchev–Trinajstić information content (AvgIpc) is 1.65. The molecule has 11 heterocycles. The Hall–Kier alpha value is -6.26. The summed E-state index contributed by atoms with van der Waals surface area (Å²) in [5.74, 6) is -8.99. The Bertz CT molecular complexity index is 6050. The zero-order valence-electron chi connectivity index (χ0n) is 84.8. The standard InChI is InChI=1S/2C25H32F2N6O4S.2C19H20ClIN4O.C3H5F2N.C3H9NO3S.CH2O3.CH4.ClH.2K.H/c2*1-16-11-21(30-23(28-16)33-14-25(26,27)15-33)29-22(35)19-4-3-18(31-38(36,37)13-17(2)34)12-20(19)32-9-7-24(5-6-24)8-10-32;2*1-12-10-16(24-18(20)22-12)23-17(26)14-3-2-13(21)11-15(14)25-8-6-19(4-5-19)7-9-25;4-3(5)1-6-2-3;1-3(5)2-8(4,6)7;2-1-4-3;;;;;/h2*3-4,11-12,17,31,34H,5-10,13-15H2,1-2H3,(H,28,29,30,35);2*2-3,10-11H,4-9H2,1H3,(H,22,23,24,26);6H,1-2H2;3,5H,2H2,1H3,(H2,4,6,7);1,3H;1H4;1H;;;/q;;;;;;;;;2*+1;-1/p-1/t2*17-;;;;;;;;;;/m10........../s1. The van der Waals surface area contributed by atoms with Crippen molar-refractivity contribution in [1.82, 2.24) is 45.2 Å². The molecule has 812 valence electrons. The summed E-state index contributed by atoms with van der Waals surface area (Å²) in [5, 5.41) is 54.4. The number of primary sulfonamides is 1. The van der Waals surface area contributed by atoms with Crippen LogP contribution in [-0.2, 0) is 39.8 Å². The molecular formula is C96H125Cl3F6I2K2N22O16S3. The maximum absolute atomic E-state index is 13.4. The molecule has 4 aromatic heterocycles. The molecule has 8 aromatic rings. The number of aliphatic hydroxyl groups excluding tert-OH is 3. The number of rotatable bonds is 25. The third-order valence-electron chi connectivity index (χ3n) is 26.7. The first-order chi connectivity index (χ1) is 68.6. The van der Waals surface area contributed by atoms with Crippen LogP contribution in [0.15, 0.2) is 97.1 Å². The van der Waals surface area contributed by atoms with Gasteiger partial charge in [0.05, 0.1) is 131 Å². The number of alkyl halides is 6. The number of aryl methyl sites for hydroxylation is 4. The Morgan fingerprint density at radius 2 is 0.680 bits per heavy atom. The van der Waals surface area contributed by atoms with Gasteiger partial charge in [0.25, 0.3) is 47.9 Å². The number of piperidine rings is 4. The molecular weight excluding hydrogens is 2370 g/mol. The van der Waals surface area contributed by atoms with Crippen LogP contribution in [0.3, 0.4) is 0 Å². The minimum Gasteiger partial charge on any atom is -1.00 e. The Kier molecular flexibility index (Phi) is 45.7. The molecule has 4 saturated carbocycles. The second kappa shape index (κ2) is 53.9. The van der Waals surface area contributed by atoms with Crippen molar-refractivity contribution < 1.29 is 205 Å². The number of anilines is 12. The molecule has 12 N–H and O–H groups in total. The number of sulfonamides is 3. The first kappa shape index (κ1) is 127. The van der Waals surface area contributed by atoms with Crippen molar-refractivity contribution in [3.8, 4) is 0 Å². The second-order valence-corrected chi connectivity index (χ2v) is 47.8. The summed E-state index contributed by atoms with van der Waals surface area (Å²) in [5.41, 5.74) is 10.3. The molecule has 4 aromatic carbocycles. The van der Waals surface area contributed by atoms with Crippen molar-refractivity contribution in [3.05, 3.63) is 160 Å². The fourth-order valence-electron chi connectivity index (χ4n) is 18.1.